The van der Waals surface area contributed by atoms with Gasteiger partial charge in [0.25, 0.3) is 0 Å². The SMILES string of the molecule is CCC(N)C(Oc1ccc(Br)cc1Br)c1ccccc1Br. The first kappa shape index (κ1) is 17.0. The van der Waals surface area contributed by atoms with E-state index in [4.69, 9.17) is 10.5 Å². The van der Waals surface area contributed by atoms with Crippen molar-refractivity contribution in [1.82, 2.24) is 0 Å². The summed E-state index contributed by atoms with van der Waals surface area (Å²) in [6, 6.07) is 13.8. The molecular weight excluding hydrogens is 462 g/mol. The minimum atomic E-state index is -0.206. The van der Waals surface area contributed by atoms with Gasteiger partial charge in [-0.2, -0.15) is 0 Å². The maximum Gasteiger partial charge on any atom is 0.140 e. The Kier molecular flexibility index (Phi) is 6.29. The quantitative estimate of drug-likeness (QED) is 0.588. The molecule has 0 aliphatic carbocycles. The fourth-order valence-corrected chi connectivity index (χ4v) is 3.66. The molecule has 2 aromatic carbocycles. The van der Waals surface area contributed by atoms with Crippen LogP contribution < -0.4 is 10.5 Å². The maximum atomic E-state index is 6.28. The Morgan fingerprint density at radius 1 is 1.05 bits per heavy atom. The molecule has 0 amide bonds. The second-order valence-electron chi connectivity index (χ2n) is 4.71. The standard InChI is InChI=1S/C16H16Br3NO/c1-2-14(20)16(11-5-3-4-6-12(11)18)21-15-8-7-10(17)9-13(15)19/h3-9,14,16H,2,20H2,1H3. The van der Waals surface area contributed by atoms with Crippen molar-refractivity contribution < 1.29 is 4.74 Å². The highest BCUT2D eigenvalue weighted by Crippen LogP contribution is 2.35. The molecule has 0 saturated carbocycles. The van der Waals surface area contributed by atoms with Gasteiger partial charge in [-0.3, -0.25) is 0 Å². The number of nitrogens with two attached hydrogens (primary N) is 1. The largest absolute Gasteiger partial charge is 0.483 e. The molecule has 0 aromatic heterocycles. The third-order valence-electron chi connectivity index (χ3n) is 3.22. The molecule has 0 fully saturated rings. The van der Waals surface area contributed by atoms with Gasteiger partial charge in [-0.05, 0) is 46.6 Å². The zero-order chi connectivity index (χ0) is 15.4. The van der Waals surface area contributed by atoms with Gasteiger partial charge in [-0.25, -0.2) is 0 Å². The molecule has 112 valence electrons. The molecule has 0 aliphatic rings. The Hall–Kier alpha value is -0.360. The predicted molar refractivity (Wildman–Crippen MR) is 97.6 cm³/mol. The van der Waals surface area contributed by atoms with Crippen molar-refractivity contribution in [2.45, 2.75) is 25.5 Å². The Morgan fingerprint density at radius 3 is 2.38 bits per heavy atom. The summed E-state index contributed by atoms with van der Waals surface area (Å²) in [6.45, 7) is 2.06. The molecule has 5 heteroatoms. The van der Waals surface area contributed by atoms with Gasteiger partial charge in [0.15, 0.2) is 0 Å². The van der Waals surface area contributed by atoms with Crippen molar-refractivity contribution >= 4 is 47.8 Å². The van der Waals surface area contributed by atoms with Crippen molar-refractivity contribution in [2.24, 2.45) is 5.73 Å². The predicted octanol–water partition coefficient (Wildman–Crippen LogP) is 5.83. The first-order valence-electron chi connectivity index (χ1n) is 6.64. The monoisotopic (exact) mass is 475 g/mol. The zero-order valence-electron chi connectivity index (χ0n) is 11.5. The summed E-state index contributed by atoms with van der Waals surface area (Å²) in [7, 11) is 0. The summed E-state index contributed by atoms with van der Waals surface area (Å²) in [5.41, 5.74) is 7.33. The highest BCUT2D eigenvalue weighted by Gasteiger charge is 2.23. The van der Waals surface area contributed by atoms with Gasteiger partial charge in [0, 0.05) is 20.6 Å². The lowest BCUT2D eigenvalue weighted by molar-refractivity contribution is 0.169. The molecule has 0 bridgehead atoms. The first-order chi connectivity index (χ1) is 10.0. The minimum absolute atomic E-state index is 0.0840. The van der Waals surface area contributed by atoms with Crippen LogP contribution in [0.15, 0.2) is 55.9 Å². The van der Waals surface area contributed by atoms with E-state index in [1.54, 1.807) is 0 Å². The van der Waals surface area contributed by atoms with Crippen LogP contribution in [0, 0.1) is 0 Å². The molecule has 2 rings (SSSR count). The fraction of sp³-hybridized carbons (Fsp3) is 0.250. The summed E-state index contributed by atoms with van der Waals surface area (Å²) in [5, 5.41) is 0. The lowest BCUT2D eigenvalue weighted by atomic mass is 10.0. The summed E-state index contributed by atoms with van der Waals surface area (Å²) < 4.78 is 9.10. The van der Waals surface area contributed by atoms with E-state index in [1.165, 1.54) is 0 Å². The van der Waals surface area contributed by atoms with E-state index < -0.39 is 0 Å². The molecule has 2 aromatic rings. The van der Waals surface area contributed by atoms with Crippen molar-refractivity contribution in [3.63, 3.8) is 0 Å². The van der Waals surface area contributed by atoms with Crippen molar-refractivity contribution in [3.05, 3.63) is 61.4 Å². The van der Waals surface area contributed by atoms with Crippen LogP contribution in [0.25, 0.3) is 0 Å². The van der Waals surface area contributed by atoms with Gasteiger partial charge in [-0.15, -0.1) is 0 Å². The van der Waals surface area contributed by atoms with Crippen LogP contribution >= 0.6 is 47.8 Å². The normalized spacial score (nSPS) is 13.8. The van der Waals surface area contributed by atoms with E-state index in [0.717, 1.165) is 31.2 Å². The topological polar surface area (TPSA) is 35.2 Å². The van der Waals surface area contributed by atoms with Gasteiger partial charge in [0.1, 0.15) is 11.9 Å². The summed E-state index contributed by atoms with van der Waals surface area (Å²) in [4.78, 5) is 0. The van der Waals surface area contributed by atoms with Crippen LogP contribution in [0.4, 0.5) is 0 Å². The van der Waals surface area contributed by atoms with Crippen molar-refractivity contribution in [1.29, 1.82) is 0 Å². The molecule has 2 atom stereocenters. The third kappa shape index (κ3) is 4.31. The van der Waals surface area contributed by atoms with Crippen molar-refractivity contribution in [3.8, 4) is 5.75 Å². The lowest BCUT2D eigenvalue weighted by Crippen LogP contribution is -2.31. The highest BCUT2D eigenvalue weighted by molar-refractivity contribution is 9.11. The summed E-state index contributed by atoms with van der Waals surface area (Å²) >= 11 is 10.6. The Balaban J connectivity index is 2.35. The summed E-state index contributed by atoms with van der Waals surface area (Å²) in [5.74, 6) is 0.780. The van der Waals surface area contributed by atoms with E-state index in [9.17, 15) is 0 Å². The fourth-order valence-electron chi connectivity index (χ4n) is 2.01. The molecule has 0 heterocycles. The zero-order valence-corrected chi connectivity index (χ0v) is 16.3. The molecule has 0 saturated heterocycles. The first-order valence-corrected chi connectivity index (χ1v) is 9.02. The molecule has 0 spiro atoms. The van der Waals surface area contributed by atoms with Gasteiger partial charge in [-0.1, -0.05) is 57.0 Å². The average molecular weight is 478 g/mol. The molecule has 0 aliphatic heterocycles. The van der Waals surface area contributed by atoms with Crippen LogP contribution in [0.3, 0.4) is 0 Å². The smallest absolute Gasteiger partial charge is 0.140 e. The van der Waals surface area contributed by atoms with Gasteiger partial charge < -0.3 is 10.5 Å². The van der Waals surface area contributed by atoms with Crippen molar-refractivity contribution in [2.75, 3.05) is 0 Å². The second-order valence-corrected chi connectivity index (χ2v) is 7.33. The Bertz CT molecular complexity index is 618. The van der Waals surface area contributed by atoms with Gasteiger partial charge in [0.2, 0.25) is 0 Å². The van der Waals surface area contributed by atoms with Gasteiger partial charge in [0.05, 0.1) is 4.47 Å². The maximum absolute atomic E-state index is 6.28. The van der Waals surface area contributed by atoms with Crippen LogP contribution in [0.2, 0.25) is 0 Å². The molecule has 21 heavy (non-hydrogen) atoms. The molecule has 2 nitrogen and oxygen atoms in total. The van der Waals surface area contributed by atoms with Crippen LogP contribution in [0.1, 0.15) is 25.0 Å². The Morgan fingerprint density at radius 2 is 1.76 bits per heavy atom. The van der Waals surface area contributed by atoms with E-state index >= 15 is 0 Å². The van der Waals surface area contributed by atoms with E-state index in [-0.39, 0.29) is 12.1 Å². The molecule has 2 N–H and O–H groups in total. The number of hydrogen-bond donors (Lipinski definition) is 1. The number of ether oxygens (including phenoxy) is 1. The molecule has 2 unspecified atom stereocenters. The van der Waals surface area contributed by atoms with Crippen LogP contribution in [-0.4, -0.2) is 6.04 Å². The minimum Gasteiger partial charge on any atom is -0.483 e. The molecule has 0 radical (unpaired) electrons. The third-order valence-corrected chi connectivity index (χ3v) is 5.06. The lowest BCUT2D eigenvalue weighted by Gasteiger charge is -2.26. The summed E-state index contributed by atoms with van der Waals surface area (Å²) in [6.07, 6.45) is 0.628. The number of rotatable bonds is 5. The second kappa shape index (κ2) is 7.77. The highest BCUT2D eigenvalue weighted by atomic mass is 79.9. The number of hydrogen-bond acceptors (Lipinski definition) is 2. The van der Waals surface area contributed by atoms with Gasteiger partial charge >= 0.3 is 0 Å². The van der Waals surface area contributed by atoms with E-state index in [2.05, 4.69) is 54.7 Å². The number of benzene rings is 2. The van der Waals surface area contributed by atoms with E-state index in [0.29, 0.717) is 0 Å². The molecular formula is C16H16Br3NO. The van der Waals surface area contributed by atoms with Crippen LogP contribution in [-0.2, 0) is 0 Å². The van der Waals surface area contributed by atoms with Crippen LogP contribution in [0.5, 0.6) is 5.75 Å². The van der Waals surface area contributed by atoms with E-state index in [1.807, 2.05) is 42.5 Å². The average Bonchev–Trinajstić information content (AvgIpc) is 2.47. The number of halogens is 3. The Labute approximate surface area is 150 Å².